The zero-order chi connectivity index (χ0) is 8.81. The Hall–Kier alpha value is -0.800. The Morgan fingerprint density at radius 1 is 1.50 bits per heavy atom. The molecule has 0 spiro atoms. The number of aryl methyl sites for hydroxylation is 1. The molecule has 3 heteroatoms. The van der Waals surface area contributed by atoms with Gasteiger partial charge in [0.15, 0.2) is 0 Å². The summed E-state index contributed by atoms with van der Waals surface area (Å²) < 4.78 is 10.6. The molecule has 0 bridgehead atoms. The van der Waals surface area contributed by atoms with Crippen molar-refractivity contribution in [3.05, 3.63) is 23.7 Å². The molecular weight excluding hydrogens is 154 g/mol. The molecule has 0 amide bonds. The predicted molar refractivity (Wildman–Crippen MR) is 47.0 cm³/mol. The quantitative estimate of drug-likeness (QED) is 0.675. The van der Waals surface area contributed by atoms with E-state index in [9.17, 15) is 0 Å². The van der Waals surface area contributed by atoms with Crippen molar-refractivity contribution < 1.29 is 9.15 Å². The van der Waals surface area contributed by atoms with E-state index in [1.807, 2.05) is 26.1 Å². The largest absolute Gasteiger partial charge is 0.464 e. The monoisotopic (exact) mass is 169 g/mol. The van der Waals surface area contributed by atoms with Crippen molar-refractivity contribution in [1.29, 1.82) is 0 Å². The van der Waals surface area contributed by atoms with Crippen LogP contribution < -0.4 is 5.32 Å². The van der Waals surface area contributed by atoms with Gasteiger partial charge in [-0.3, -0.25) is 0 Å². The maximum atomic E-state index is 5.32. The lowest BCUT2D eigenvalue weighted by atomic mass is 10.4. The van der Waals surface area contributed by atoms with Crippen LogP contribution in [0, 0.1) is 6.92 Å². The first-order valence-electron chi connectivity index (χ1n) is 4.10. The van der Waals surface area contributed by atoms with Crippen LogP contribution in [0.5, 0.6) is 0 Å². The molecule has 0 aliphatic carbocycles. The molecule has 0 fully saturated rings. The first kappa shape index (κ1) is 9.29. The molecule has 1 rings (SSSR count). The Kier molecular flexibility index (Phi) is 3.84. The van der Waals surface area contributed by atoms with E-state index in [4.69, 9.17) is 9.15 Å². The van der Waals surface area contributed by atoms with Crippen LogP contribution in [0.15, 0.2) is 16.5 Å². The van der Waals surface area contributed by atoms with Crippen LogP contribution in [0.4, 0.5) is 0 Å². The Morgan fingerprint density at radius 3 is 2.92 bits per heavy atom. The van der Waals surface area contributed by atoms with Crippen molar-refractivity contribution in [2.75, 3.05) is 20.2 Å². The lowest BCUT2D eigenvalue weighted by Crippen LogP contribution is -2.13. The fraction of sp³-hybridized carbons (Fsp3) is 0.556. The lowest BCUT2D eigenvalue weighted by molar-refractivity contribution is 0.108. The van der Waals surface area contributed by atoms with Crippen LogP contribution >= 0.6 is 0 Å². The van der Waals surface area contributed by atoms with E-state index in [-0.39, 0.29) is 0 Å². The molecule has 1 aromatic rings. The van der Waals surface area contributed by atoms with Gasteiger partial charge in [0.1, 0.15) is 18.1 Å². The third-order valence-electron chi connectivity index (χ3n) is 1.54. The van der Waals surface area contributed by atoms with Gasteiger partial charge in [0.25, 0.3) is 0 Å². The number of ether oxygens (including phenoxy) is 1. The molecule has 12 heavy (non-hydrogen) atoms. The fourth-order valence-electron chi connectivity index (χ4n) is 0.910. The predicted octanol–water partition coefficient (Wildman–Crippen LogP) is 1.32. The van der Waals surface area contributed by atoms with Crippen LogP contribution in [0.1, 0.15) is 11.5 Å². The van der Waals surface area contributed by atoms with Crippen molar-refractivity contribution >= 4 is 0 Å². The molecule has 1 aromatic heterocycles. The summed E-state index contributed by atoms with van der Waals surface area (Å²) in [5.41, 5.74) is 0. The molecule has 1 N–H and O–H groups in total. The summed E-state index contributed by atoms with van der Waals surface area (Å²) >= 11 is 0. The van der Waals surface area contributed by atoms with Crippen molar-refractivity contribution in [2.45, 2.75) is 13.5 Å². The minimum Gasteiger partial charge on any atom is -0.464 e. The van der Waals surface area contributed by atoms with Crippen molar-refractivity contribution in [3.63, 3.8) is 0 Å². The standard InChI is InChI=1S/C9H15NO2/c1-8-3-4-9(12-8)7-11-6-5-10-2/h3-4,10H,5-7H2,1-2H3. The minimum atomic E-state index is 0.565. The average molecular weight is 169 g/mol. The number of furan rings is 1. The van der Waals surface area contributed by atoms with E-state index < -0.39 is 0 Å². The zero-order valence-electron chi connectivity index (χ0n) is 7.59. The molecule has 0 saturated heterocycles. The van der Waals surface area contributed by atoms with Crippen molar-refractivity contribution in [2.24, 2.45) is 0 Å². The SMILES string of the molecule is CNCCOCc1ccc(C)o1. The van der Waals surface area contributed by atoms with Crippen LogP contribution in [0.3, 0.4) is 0 Å². The first-order chi connectivity index (χ1) is 5.83. The average Bonchev–Trinajstić information content (AvgIpc) is 2.45. The number of nitrogens with one attached hydrogen (secondary N) is 1. The van der Waals surface area contributed by atoms with E-state index in [2.05, 4.69) is 5.32 Å². The number of hydrogen-bond donors (Lipinski definition) is 1. The fourth-order valence-corrected chi connectivity index (χ4v) is 0.910. The number of hydrogen-bond acceptors (Lipinski definition) is 3. The van der Waals surface area contributed by atoms with Crippen LogP contribution in [-0.2, 0) is 11.3 Å². The van der Waals surface area contributed by atoms with Crippen LogP contribution in [0.25, 0.3) is 0 Å². The molecule has 0 radical (unpaired) electrons. The van der Waals surface area contributed by atoms with Crippen LogP contribution in [0.2, 0.25) is 0 Å². The summed E-state index contributed by atoms with van der Waals surface area (Å²) in [6, 6.07) is 3.88. The third kappa shape index (κ3) is 3.07. The van der Waals surface area contributed by atoms with E-state index in [1.165, 1.54) is 0 Å². The van der Waals surface area contributed by atoms with Gasteiger partial charge < -0.3 is 14.5 Å². The van der Waals surface area contributed by atoms with Gasteiger partial charge in [-0.1, -0.05) is 0 Å². The van der Waals surface area contributed by atoms with Crippen molar-refractivity contribution in [3.8, 4) is 0 Å². The molecule has 3 nitrogen and oxygen atoms in total. The van der Waals surface area contributed by atoms with E-state index in [0.29, 0.717) is 6.61 Å². The first-order valence-corrected chi connectivity index (χ1v) is 4.10. The second kappa shape index (κ2) is 4.95. The normalized spacial score (nSPS) is 10.5. The van der Waals surface area contributed by atoms with Gasteiger partial charge in [0, 0.05) is 6.54 Å². The smallest absolute Gasteiger partial charge is 0.129 e. The second-order valence-electron chi connectivity index (χ2n) is 2.67. The van der Waals surface area contributed by atoms with E-state index in [0.717, 1.165) is 24.7 Å². The molecule has 1 heterocycles. The van der Waals surface area contributed by atoms with Gasteiger partial charge in [-0.2, -0.15) is 0 Å². The summed E-state index contributed by atoms with van der Waals surface area (Å²) in [7, 11) is 1.90. The Bertz CT molecular complexity index is 220. The van der Waals surface area contributed by atoms with E-state index in [1.54, 1.807) is 0 Å². The summed E-state index contributed by atoms with van der Waals surface area (Å²) in [5, 5.41) is 3.00. The molecule has 0 saturated carbocycles. The Morgan fingerprint density at radius 2 is 2.33 bits per heavy atom. The van der Waals surface area contributed by atoms with E-state index >= 15 is 0 Å². The summed E-state index contributed by atoms with van der Waals surface area (Å²) in [4.78, 5) is 0. The maximum absolute atomic E-state index is 5.32. The molecule has 68 valence electrons. The molecule has 0 aliphatic heterocycles. The summed E-state index contributed by atoms with van der Waals surface area (Å²) in [6.07, 6.45) is 0. The molecule has 0 aromatic carbocycles. The third-order valence-corrected chi connectivity index (χ3v) is 1.54. The van der Waals surface area contributed by atoms with Gasteiger partial charge >= 0.3 is 0 Å². The Balaban J connectivity index is 2.15. The van der Waals surface area contributed by atoms with Gasteiger partial charge in [-0.25, -0.2) is 0 Å². The molecular formula is C9H15NO2. The maximum Gasteiger partial charge on any atom is 0.129 e. The van der Waals surface area contributed by atoms with Crippen LogP contribution in [-0.4, -0.2) is 20.2 Å². The minimum absolute atomic E-state index is 0.565. The zero-order valence-corrected chi connectivity index (χ0v) is 7.59. The van der Waals surface area contributed by atoms with Crippen molar-refractivity contribution in [1.82, 2.24) is 5.32 Å². The highest BCUT2D eigenvalue weighted by molar-refractivity contribution is 5.04. The number of likely N-dealkylation sites (N-methyl/N-ethyl adjacent to an activating group) is 1. The molecule has 0 unspecified atom stereocenters. The highest BCUT2D eigenvalue weighted by Crippen LogP contribution is 2.06. The summed E-state index contributed by atoms with van der Waals surface area (Å²) in [6.45, 7) is 4.09. The van der Waals surface area contributed by atoms with Gasteiger partial charge in [-0.15, -0.1) is 0 Å². The molecule has 0 aliphatic rings. The van der Waals surface area contributed by atoms with Gasteiger partial charge in [-0.05, 0) is 26.1 Å². The highest BCUT2D eigenvalue weighted by Gasteiger charge is 1.96. The van der Waals surface area contributed by atoms with Gasteiger partial charge in [0.05, 0.1) is 6.61 Å². The molecule has 0 atom stereocenters. The Labute approximate surface area is 72.7 Å². The lowest BCUT2D eigenvalue weighted by Gasteiger charge is -2.00. The summed E-state index contributed by atoms with van der Waals surface area (Å²) in [5.74, 6) is 1.82. The topological polar surface area (TPSA) is 34.4 Å². The van der Waals surface area contributed by atoms with Gasteiger partial charge in [0.2, 0.25) is 0 Å². The second-order valence-corrected chi connectivity index (χ2v) is 2.67. The highest BCUT2D eigenvalue weighted by atomic mass is 16.5. The number of rotatable bonds is 5.